The first-order chi connectivity index (χ1) is 12.2. The lowest BCUT2D eigenvalue weighted by Gasteiger charge is -2.38. The number of nitrogens with one attached hydrogen (secondary N) is 1. The molecule has 1 amide bonds. The zero-order chi connectivity index (χ0) is 17.5. The third-order valence-corrected chi connectivity index (χ3v) is 5.44. The summed E-state index contributed by atoms with van der Waals surface area (Å²) < 4.78 is 5.29. The smallest absolute Gasteiger partial charge is 0.255 e. The van der Waals surface area contributed by atoms with Crippen LogP contribution in [0.2, 0.25) is 0 Å². The molecule has 0 spiro atoms. The summed E-state index contributed by atoms with van der Waals surface area (Å²) >= 11 is 0. The molecule has 0 aromatic heterocycles. The highest BCUT2D eigenvalue weighted by Gasteiger charge is 2.33. The molecule has 3 nitrogen and oxygen atoms in total. The van der Waals surface area contributed by atoms with Crippen molar-refractivity contribution in [1.82, 2.24) is 5.32 Å². The van der Waals surface area contributed by atoms with Crippen LogP contribution in [0.15, 0.2) is 54.6 Å². The average Bonchev–Trinajstić information content (AvgIpc) is 2.69. The largest absolute Gasteiger partial charge is 0.496 e. The lowest BCUT2D eigenvalue weighted by atomic mass is 9.67. The fourth-order valence-electron chi connectivity index (χ4n) is 4.05. The second-order valence-corrected chi connectivity index (χ2v) is 6.91. The summed E-state index contributed by atoms with van der Waals surface area (Å²) in [5.74, 6) is 0.562. The van der Waals surface area contributed by atoms with E-state index in [1.54, 1.807) is 7.11 Å². The molecule has 2 aromatic rings. The van der Waals surface area contributed by atoms with E-state index in [0.29, 0.717) is 17.9 Å². The van der Waals surface area contributed by atoms with E-state index in [1.807, 2.05) is 24.3 Å². The fourth-order valence-corrected chi connectivity index (χ4v) is 4.05. The van der Waals surface area contributed by atoms with Crippen LogP contribution < -0.4 is 10.1 Å². The van der Waals surface area contributed by atoms with Gasteiger partial charge >= 0.3 is 0 Å². The van der Waals surface area contributed by atoms with E-state index in [-0.39, 0.29) is 11.3 Å². The van der Waals surface area contributed by atoms with Crippen molar-refractivity contribution in [3.63, 3.8) is 0 Å². The molecule has 2 aromatic carbocycles. The molecule has 1 saturated carbocycles. The van der Waals surface area contributed by atoms with Gasteiger partial charge in [-0.1, -0.05) is 61.7 Å². The van der Waals surface area contributed by atoms with Crippen LogP contribution in [0.1, 0.15) is 54.4 Å². The van der Waals surface area contributed by atoms with E-state index in [0.717, 1.165) is 6.42 Å². The van der Waals surface area contributed by atoms with Crippen molar-refractivity contribution in [2.75, 3.05) is 13.7 Å². The molecule has 1 fully saturated rings. The van der Waals surface area contributed by atoms with Crippen LogP contribution in [0.5, 0.6) is 5.75 Å². The van der Waals surface area contributed by atoms with Crippen molar-refractivity contribution < 1.29 is 9.53 Å². The maximum atomic E-state index is 12.5. The number of hydrogen-bond donors (Lipinski definition) is 1. The van der Waals surface area contributed by atoms with Crippen LogP contribution in [0.3, 0.4) is 0 Å². The Labute approximate surface area is 150 Å². The number of ether oxygens (including phenoxy) is 1. The quantitative estimate of drug-likeness (QED) is 0.828. The first-order valence-electron chi connectivity index (χ1n) is 9.22. The Bertz CT molecular complexity index is 690. The number of para-hydroxylation sites is 1. The van der Waals surface area contributed by atoms with E-state index < -0.39 is 0 Å². The first kappa shape index (κ1) is 17.5. The minimum atomic E-state index is -0.0588. The van der Waals surface area contributed by atoms with E-state index in [2.05, 4.69) is 35.6 Å². The van der Waals surface area contributed by atoms with E-state index >= 15 is 0 Å². The monoisotopic (exact) mass is 337 g/mol. The van der Waals surface area contributed by atoms with Gasteiger partial charge in [0.2, 0.25) is 0 Å². The summed E-state index contributed by atoms with van der Waals surface area (Å²) in [6.07, 6.45) is 7.27. The summed E-state index contributed by atoms with van der Waals surface area (Å²) in [5.41, 5.74) is 2.22. The van der Waals surface area contributed by atoms with Gasteiger partial charge in [-0.05, 0) is 42.4 Å². The molecular formula is C22H27NO2. The maximum Gasteiger partial charge on any atom is 0.255 e. The molecule has 0 radical (unpaired) electrons. The molecule has 0 atom stereocenters. The minimum Gasteiger partial charge on any atom is -0.496 e. The molecule has 25 heavy (non-hydrogen) atoms. The Kier molecular flexibility index (Phi) is 5.75. The molecular weight excluding hydrogens is 310 g/mol. The number of carbonyl (C=O) groups is 1. The lowest BCUT2D eigenvalue weighted by molar-refractivity contribution is 0.0945. The zero-order valence-corrected chi connectivity index (χ0v) is 15.0. The number of carbonyl (C=O) groups excluding carboxylic acids is 1. The number of amides is 1. The molecule has 3 rings (SSSR count). The SMILES string of the molecule is COc1ccccc1C(=O)NCCC1(c2ccccc2)CCCCC1. The van der Waals surface area contributed by atoms with Crippen LogP contribution in [0.25, 0.3) is 0 Å². The van der Waals surface area contributed by atoms with Gasteiger partial charge in [-0.2, -0.15) is 0 Å². The Balaban J connectivity index is 1.67. The molecule has 3 heteroatoms. The molecule has 132 valence electrons. The van der Waals surface area contributed by atoms with Crippen molar-refractivity contribution in [1.29, 1.82) is 0 Å². The zero-order valence-electron chi connectivity index (χ0n) is 15.0. The van der Waals surface area contributed by atoms with Crippen LogP contribution in [0.4, 0.5) is 0 Å². The highest BCUT2D eigenvalue weighted by atomic mass is 16.5. The Morgan fingerprint density at radius 3 is 2.40 bits per heavy atom. The lowest BCUT2D eigenvalue weighted by Crippen LogP contribution is -2.35. The fraction of sp³-hybridized carbons (Fsp3) is 0.409. The van der Waals surface area contributed by atoms with Gasteiger partial charge in [-0.25, -0.2) is 0 Å². The van der Waals surface area contributed by atoms with E-state index in [4.69, 9.17) is 4.74 Å². The van der Waals surface area contributed by atoms with Crippen molar-refractivity contribution in [2.45, 2.75) is 43.9 Å². The van der Waals surface area contributed by atoms with Crippen LogP contribution >= 0.6 is 0 Å². The second-order valence-electron chi connectivity index (χ2n) is 6.91. The summed E-state index contributed by atoms with van der Waals surface area (Å²) in [7, 11) is 1.60. The molecule has 0 unspecified atom stereocenters. The highest BCUT2D eigenvalue weighted by Crippen LogP contribution is 2.41. The van der Waals surface area contributed by atoms with E-state index in [1.165, 1.54) is 37.7 Å². The molecule has 0 heterocycles. The van der Waals surface area contributed by atoms with Gasteiger partial charge in [0.25, 0.3) is 5.91 Å². The number of hydrogen-bond acceptors (Lipinski definition) is 2. The molecule has 0 bridgehead atoms. The minimum absolute atomic E-state index is 0.0588. The molecule has 1 N–H and O–H groups in total. The van der Waals surface area contributed by atoms with Crippen LogP contribution in [0, 0.1) is 0 Å². The standard InChI is InChI=1S/C22H27NO2/c1-25-20-13-7-6-12-19(20)21(24)23-17-16-22(14-8-3-9-15-22)18-10-4-2-5-11-18/h2,4-7,10-13H,3,8-9,14-17H2,1H3,(H,23,24). The van der Waals surface area contributed by atoms with Gasteiger partial charge in [0.15, 0.2) is 0 Å². The van der Waals surface area contributed by atoms with Gasteiger partial charge in [-0.3, -0.25) is 4.79 Å². The first-order valence-corrected chi connectivity index (χ1v) is 9.22. The number of benzene rings is 2. The predicted molar refractivity (Wildman–Crippen MR) is 101 cm³/mol. The Morgan fingerprint density at radius 1 is 1.00 bits per heavy atom. The topological polar surface area (TPSA) is 38.3 Å². The number of rotatable bonds is 6. The van der Waals surface area contributed by atoms with Gasteiger partial charge in [0.05, 0.1) is 12.7 Å². The third-order valence-electron chi connectivity index (χ3n) is 5.44. The molecule has 1 aliphatic carbocycles. The maximum absolute atomic E-state index is 12.5. The van der Waals surface area contributed by atoms with Crippen LogP contribution in [-0.4, -0.2) is 19.6 Å². The van der Waals surface area contributed by atoms with Gasteiger partial charge in [0.1, 0.15) is 5.75 Å². The van der Waals surface area contributed by atoms with Gasteiger partial charge < -0.3 is 10.1 Å². The van der Waals surface area contributed by atoms with Crippen molar-refractivity contribution in [2.24, 2.45) is 0 Å². The summed E-state index contributed by atoms with van der Waals surface area (Å²) in [4.78, 5) is 12.5. The van der Waals surface area contributed by atoms with Crippen molar-refractivity contribution >= 4 is 5.91 Å². The summed E-state index contributed by atoms with van der Waals surface area (Å²) in [5, 5.41) is 3.10. The van der Waals surface area contributed by atoms with Crippen molar-refractivity contribution in [3.05, 3.63) is 65.7 Å². The normalized spacial score (nSPS) is 16.2. The molecule has 1 aliphatic rings. The average molecular weight is 337 g/mol. The van der Waals surface area contributed by atoms with E-state index in [9.17, 15) is 4.79 Å². The Hall–Kier alpha value is -2.29. The van der Waals surface area contributed by atoms with Crippen LogP contribution in [-0.2, 0) is 5.41 Å². The molecule has 0 aliphatic heterocycles. The Morgan fingerprint density at radius 2 is 1.68 bits per heavy atom. The number of methoxy groups -OCH3 is 1. The van der Waals surface area contributed by atoms with Gasteiger partial charge in [0, 0.05) is 6.54 Å². The summed E-state index contributed by atoms with van der Waals surface area (Å²) in [6, 6.07) is 18.2. The second kappa shape index (κ2) is 8.19. The van der Waals surface area contributed by atoms with Crippen molar-refractivity contribution in [3.8, 4) is 5.75 Å². The predicted octanol–water partition coefficient (Wildman–Crippen LogP) is 4.72. The summed E-state index contributed by atoms with van der Waals surface area (Å²) in [6.45, 7) is 0.686. The highest BCUT2D eigenvalue weighted by molar-refractivity contribution is 5.96. The third kappa shape index (κ3) is 4.04. The molecule has 0 saturated heterocycles. The van der Waals surface area contributed by atoms with Gasteiger partial charge in [-0.15, -0.1) is 0 Å².